The first-order valence-electron chi connectivity index (χ1n) is 9.27. The van der Waals surface area contributed by atoms with Gasteiger partial charge < -0.3 is 10.2 Å². The summed E-state index contributed by atoms with van der Waals surface area (Å²) < 4.78 is 52.0. The minimum absolute atomic E-state index is 0.336. The van der Waals surface area contributed by atoms with E-state index >= 15 is 0 Å². The summed E-state index contributed by atoms with van der Waals surface area (Å²) >= 11 is 0. The minimum Gasteiger partial charge on any atom is -0.313 e. The van der Waals surface area contributed by atoms with Crippen molar-refractivity contribution in [2.75, 3.05) is 11.9 Å². The number of hydrogen-bond acceptors (Lipinski definition) is 2. The van der Waals surface area contributed by atoms with E-state index in [0.29, 0.717) is 24.2 Å². The summed E-state index contributed by atoms with van der Waals surface area (Å²) in [7, 11) is 0. The van der Waals surface area contributed by atoms with Gasteiger partial charge in [-0.1, -0.05) is 18.2 Å². The summed E-state index contributed by atoms with van der Waals surface area (Å²) in [5.74, 6) is -0.423. The molecule has 1 atom stereocenters. The highest BCUT2D eigenvalue weighted by atomic mass is 19.4. The van der Waals surface area contributed by atoms with Crippen LogP contribution in [0.15, 0.2) is 66.9 Å². The largest absolute Gasteiger partial charge is 0.416 e. The number of amides is 2. The molecule has 4 nitrogen and oxygen atoms in total. The Hall–Kier alpha value is -3.42. The molecule has 1 N–H and O–H groups in total. The number of benzene rings is 2. The van der Waals surface area contributed by atoms with Crippen LogP contribution in [0.2, 0.25) is 0 Å². The third kappa shape index (κ3) is 3.98. The average molecular weight is 415 g/mol. The fraction of sp³-hybridized carbons (Fsp3) is 0.182. The van der Waals surface area contributed by atoms with Gasteiger partial charge in [-0.3, -0.25) is 4.98 Å². The van der Waals surface area contributed by atoms with Gasteiger partial charge in [-0.25, -0.2) is 9.18 Å². The summed E-state index contributed by atoms with van der Waals surface area (Å²) in [6, 6.07) is 12.7. The van der Waals surface area contributed by atoms with E-state index in [4.69, 9.17) is 0 Å². The number of pyridine rings is 1. The molecule has 0 bridgehead atoms. The first-order chi connectivity index (χ1) is 14.3. The topological polar surface area (TPSA) is 45.2 Å². The molecule has 154 valence electrons. The minimum atomic E-state index is -4.44. The molecule has 8 heteroatoms. The molecule has 1 aromatic heterocycles. The molecule has 30 heavy (non-hydrogen) atoms. The number of anilines is 1. The monoisotopic (exact) mass is 415 g/mol. The molecule has 2 amide bonds. The van der Waals surface area contributed by atoms with Crippen molar-refractivity contribution < 1.29 is 22.4 Å². The molecule has 0 unspecified atom stereocenters. The first kappa shape index (κ1) is 19.9. The number of carbonyl (C=O) groups excluding carboxylic acids is 1. The smallest absolute Gasteiger partial charge is 0.313 e. The van der Waals surface area contributed by atoms with Gasteiger partial charge in [0.1, 0.15) is 5.82 Å². The van der Waals surface area contributed by atoms with Gasteiger partial charge in [-0.05, 0) is 48.0 Å². The number of fused-ring (bicyclic) bond motifs is 1. The fourth-order valence-electron chi connectivity index (χ4n) is 3.59. The zero-order valence-electron chi connectivity index (χ0n) is 15.7. The predicted octanol–water partition coefficient (Wildman–Crippen LogP) is 5.42. The Kier molecular flexibility index (Phi) is 5.15. The molecular weight excluding hydrogens is 398 g/mol. The summed E-state index contributed by atoms with van der Waals surface area (Å²) in [4.78, 5) is 18.9. The van der Waals surface area contributed by atoms with Crippen LogP contribution in [0.1, 0.15) is 28.4 Å². The Morgan fingerprint density at radius 2 is 1.73 bits per heavy atom. The van der Waals surface area contributed by atoms with Crippen molar-refractivity contribution in [1.29, 1.82) is 0 Å². The second kappa shape index (κ2) is 7.78. The molecule has 1 aliphatic heterocycles. The van der Waals surface area contributed by atoms with Crippen molar-refractivity contribution >= 4 is 11.7 Å². The van der Waals surface area contributed by atoms with Crippen LogP contribution in [0, 0.1) is 5.82 Å². The van der Waals surface area contributed by atoms with Crippen LogP contribution in [0.3, 0.4) is 0 Å². The lowest BCUT2D eigenvalue weighted by Gasteiger charge is -2.37. The van der Waals surface area contributed by atoms with Crippen LogP contribution in [-0.4, -0.2) is 22.5 Å². The predicted molar refractivity (Wildman–Crippen MR) is 103 cm³/mol. The van der Waals surface area contributed by atoms with E-state index in [1.807, 2.05) is 6.07 Å². The quantitative estimate of drug-likeness (QED) is 0.568. The molecule has 4 rings (SSSR count). The highest BCUT2D eigenvalue weighted by molar-refractivity contribution is 5.90. The van der Waals surface area contributed by atoms with E-state index in [1.54, 1.807) is 17.2 Å². The van der Waals surface area contributed by atoms with Crippen LogP contribution < -0.4 is 5.32 Å². The van der Waals surface area contributed by atoms with Gasteiger partial charge in [0.15, 0.2) is 0 Å². The lowest BCUT2D eigenvalue weighted by molar-refractivity contribution is -0.137. The van der Waals surface area contributed by atoms with Gasteiger partial charge in [-0.15, -0.1) is 0 Å². The molecular formula is C22H17F4N3O. The molecule has 2 heterocycles. The molecule has 0 saturated carbocycles. The lowest BCUT2D eigenvalue weighted by atomic mass is 9.91. The van der Waals surface area contributed by atoms with Crippen LogP contribution >= 0.6 is 0 Å². The van der Waals surface area contributed by atoms with Crippen LogP contribution in [0.5, 0.6) is 0 Å². The number of halogens is 4. The zero-order chi connectivity index (χ0) is 21.3. The van der Waals surface area contributed by atoms with Gasteiger partial charge >= 0.3 is 12.2 Å². The third-order valence-electron chi connectivity index (χ3n) is 5.03. The number of urea groups is 1. The molecule has 0 radical (unpaired) electrons. The van der Waals surface area contributed by atoms with Gasteiger partial charge in [0, 0.05) is 36.1 Å². The van der Waals surface area contributed by atoms with Crippen molar-refractivity contribution in [2.45, 2.75) is 18.6 Å². The SMILES string of the molecule is O=C(Nc1ccc(F)cc1)N1CCc2ncccc2[C@H]1c1ccc(C(F)(F)F)cc1. The maximum absolute atomic E-state index is 13.1. The van der Waals surface area contributed by atoms with Gasteiger partial charge in [0.25, 0.3) is 0 Å². The Balaban J connectivity index is 1.68. The standard InChI is InChI=1S/C22H17F4N3O/c23-16-7-9-17(10-8-16)28-21(30)29-13-11-19-18(2-1-12-27-19)20(29)14-3-5-15(6-4-14)22(24,25)26/h1-10,12,20H,11,13H2,(H,28,30)/t20-/m1/s1. The number of hydrogen-bond donors (Lipinski definition) is 1. The Morgan fingerprint density at radius 3 is 2.40 bits per heavy atom. The molecule has 0 saturated heterocycles. The number of nitrogens with zero attached hydrogens (tertiary/aromatic N) is 2. The average Bonchev–Trinajstić information content (AvgIpc) is 2.74. The summed E-state index contributed by atoms with van der Waals surface area (Å²) in [5.41, 5.74) is 1.78. The second-order valence-electron chi connectivity index (χ2n) is 6.94. The highest BCUT2D eigenvalue weighted by Crippen LogP contribution is 2.36. The Bertz CT molecular complexity index is 1050. The molecule has 3 aromatic rings. The van der Waals surface area contributed by atoms with Crippen molar-refractivity contribution in [2.24, 2.45) is 0 Å². The number of rotatable bonds is 2. The van der Waals surface area contributed by atoms with E-state index in [-0.39, 0.29) is 0 Å². The van der Waals surface area contributed by atoms with Crippen molar-refractivity contribution in [3.05, 3.63) is 95.1 Å². The van der Waals surface area contributed by atoms with E-state index < -0.39 is 29.6 Å². The molecule has 0 fully saturated rings. The fourth-order valence-corrected chi connectivity index (χ4v) is 3.59. The molecule has 0 spiro atoms. The van der Waals surface area contributed by atoms with E-state index in [2.05, 4.69) is 10.3 Å². The summed E-state index contributed by atoms with van der Waals surface area (Å²) in [5, 5.41) is 2.72. The summed E-state index contributed by atoms with van der Waals surface area (Å²) in [6.07, 6.45) is -2.27. The second-order valence-corrected chi connectivity index (χ2v) is 6.94. The van der Waals surface area contributed by atoms with Gasteiger partial charge in [0.2, 0.25) is 0 Å². The Morgan fingerprint density at radius 1 is 1.03 bits per heavy atom. The van der Waals surface area contributed by atoms with Crippen molar-refractivity contribution in [3.8, 4) is 0 Å². The number of aromatic nitrogens is 1. The number of carbonyl (C=O) groups is 1. The van der Waals surface area contributed by atoms with E-state index in [9.17, 15) is 22.4 Å². The highest BCUT2D eigenvalue weighted by Gasteiger charge is 2.34. The lowest BCUT2D eigenvalue weighted by Crippen LogP contribution is -2.43. The van der Waals surface area contributed by atoms with Gasteiger partial charge in [-0.2, -0.15) is 13.2 Å². The first-order valence-corrected chi connectivity index (χ1v) is 9.27. The third-order valence-corrected chi connectivity index (χ3v) is 5.03. The maximum atomic E-state index is 13.1. The number of nitrogens with one attached hydrogen (secondary N) is 1. The van der Waals surface area contributed by atoms with Crippen molar-refractivity contribution in [1.82, 2.24) is 9.88 Å². The summed E-state index contributed by atoms with van der Waals surface area (Å²) in [6.45, 7) is 0.336. The number of alkyl halides is 3. The zero-order valence-corrected chi connectivity index (χ0v) is 15.7. The van der Waals surface area contributed by atoms with E-state index in [1.165, 1.54) is 36.4 Å². The van der Waals surface area contributed by atoms with Crippen LogP contribution in [0.25, 0.3) is 0 Å². The molecule has 2 aromatic carbocycles. The molecule has 0 aliphatic carbocycles. The normalized spacial score (nSPS) is 16.1. The molecule has 1 aliphatic rings. The van der Waals surface area contributed by atoms with E-state index in [0.717, 1.165) is 23.4 Å². The van der Waals surface area contributed by atoms with Crippen LogP contribution in [-0.2, 0) is 12.6 Å². The van der Waals surface area contributed by atoms with Crippen molar-refractivity contribution in [3.63, 3.8) is 0 Å². The maximum Gasteiger partial charge on any atom is 0.416 e. The Labute approximate surface area is 170 Å². The van der Waals surface area contributed by atoms with Crippen LogP contribution in [0.4, 0.5) is 28.0 Å². The van der Waals surface area contributed by atoms with Gasteiger partial charge in [0.05, 0.1) is 11.6 Å².